The molecule has 1 N–H and O–H groups in total. The second-order valence-corrected chi connectivity index (χ2v) is 12.0. The van der Waals surface area contributed by atoms with Crippen LogP contribution in [0.3, 0.4) is 0 Å². The predicted molar refractivity (Wildman–Crippen MR) is 149 cm³/mol. The molecular weight excluding hydrogens is 497 g/mol. The molecule has 4 aromatic rings. The number of halogens is 1. The van der Waals surface area contributed by atoms with Crippen LogP contribution in [0.4, 0.5) is 4.39 Å². The third kappa shape index (κ3) is 6.22. The highest BCUT2D eigenvalue weighted by Crippen LogP contribution is 2.38. The lowest BCUT2D eigenvalue weighted by molar-refractivity contribution is 0.497. The van der Waals surface area contributed by atoms with Crippen molar-refractivity contribution >= 4 is 10.0 Å². The van der Waals surface area contributed by atoms with Crippen molar-refractivity contribution in [1.29, 1.82) is 0 Å². The van der Waals surface area contributed by atoms with E-state index in [9.17, 15) is 12.8 Å². The van der Waals surface area contributed by atoms with Gasteiger partial charge in [0.2, 0.25) is 10.0 Å². The number of aromatic nitrogens is 2. The second-order valence-electron chi connectivity index (χ2n) is 10.1. The minimum absolute atomic E-state index is 0.0360. The maximum atomic E-state index is 13.7. The Bertz CT molecular complexity index is 1450. The fourth-order valence-electron chi connectivity index (χ4n) is 5.48. The number of rotatable bonds is 10. The van der Waals surface area contributed by atoms with Crippen LogP contribution in [0.25, 0.3) is 5.69 Å². The van der Waals surface area contributed by atoms with Gasteiger partial charge in [-0.25, -0.2) is 22.2 Å². The molecule has 2 unspecified atom stereocenters. The molecule has 3 aromatic carbocycles. The number of hydrogen-bond donors (Lipinski definition) is 1. The monoisotopic (exact) mass is 531 g/mol. The lowest BCUT2D eigenvalue weighted by atomic mass is 9.82. The standard InChI is InChI=1S/C31H34FN3O2S/c1-23(25-11-6-3-7-12-25)34-38(36,37)22-21-30-29-14-8-13-26(16-15-24-9-4-2-5-10-24)31(29)35(33-30)28-19-17-27(32)18-20-28/h2-7,9-12,17-20,23,26,34H,8,13-16,21-22H2,1H3. The van der Waals surface area contributed by atoms with Crippen molar-refractivity contribution < 1.29 is 12.8 Å². The SMILES string of the molecule is CC(NS(=O)(=O)CCc1nn(-c2ccc(F)cc2)c2c1CCCC2CCc1ccccc1)c1ccccc1. The van der Waals surface area contributed by atoms with Gasteiger partial charge in [0.25, 0.3) is 0 Å². The molecule has 0 radical (unpaired) electrons. The van der Waals surface area contributed by atoms with Crippen molar-refractivity contribution in [1.82, 2.24) is 14.5 Å². The Balaban J connectivity index is 1.40. The molecule has 0 spiro atoms. The smallest absolute Gasteiger partial charge is 0.212 e. The minimum Gasteiger partial charge on any atom is -0.237 e. The fraction of sp³-hybridized carbons (Fsp3) is 0.323. The number of nitrogens with zero attached hydrogens (tertiary/aromatic N) is 2. The van der Waals surface area contributed by atoms with Gasteiger partial charge in [0.05, 0.1) is 22.8 Å². The van der Waals surface area contributed by atoms with E-state index in [0.29, 0.717) is 12.3 Å². The summed E-state index contributed by atoms with van der Waals surface area (Å²) in [7, 11) is -3.52. The van der Waals surface area contributed by atoms with Gasteiger partial charge in [-0.05, 0) is 80.0 Å². The summed E-state index contributed by atoms with van der Waals surface area (Å²) in [6.45, 7) is 1.86. The zero-order valence-electron chi connectivity index (χ0n) is 21.7. The molecule has 0 saturated heterocycles. The first-order valence-corrected chi connectivity index (χ1v) is 15.0. The van der Waals surface area contributed by atoms with Gasteiger partial charge in [-0.3, -0.25) is 0 Å². The molecule has 0 saturated carbocycles. The summed E-state index contributed by atoms with van der Waals surface area (Å²) < 4.78 is 44.5. The molecule has 1 aliphatic rings. The van der Waals surface area contributed by atoms with Gasteiger partial charge in [-0.1, -0.05) is 60.7 Å². The Morgan fingerprint density at radius 1 is 0.974 bits per heavy atom. The Morgan fingerprint density at radius 3 is 2.37 bits per heavy atom. The molecule has 5 rings (SSSR count). The van der Waals surface area contributed by atoms with E-state index in [1.165, 1.54) is 17.7 Å². The highest BCUT2D eigenvalue weighted by Gasteiger charge is 2.29. The summed E-state index contributed by atoms with van der Waals surface area (Å²) >= 11 is 0. The van der Waals surface area contributed by atoms with Crippen molar-refractivity contribution in [3.8, 4) is 5.69 Å². The highest BCUT2D eigenvalue weighted by molar-refractivity contribution is 7.89. The van der Waals surface area contributed by atoms with E-state index in [-0.39, 0.29) is 17.6 Å². The number of sulfonamides is 1. The molecule has 2 atom stereocenters. The summed E-state index contributed by atoms with van der Waals surface area (Å²) in [5, 5.41) is 4.94. The van der Waals surface area contributed by atoms with Crippen LogP contribution < -0.4 is 4.72 Å². The van der Waals surface area contributed by atoms with E-state index in [2.05, 4.69) is 29.0 Å². The Kier molecular flexibility index (Phi) is 8.05. The van der Waals surface area contributed by atoms with Crippen molar-refractivity contribution in [2.45, 2.75) is 57.4 Å². The number of aryl methyl sites for hydroxylation is 2. The molecule has 0 bridgehead atoms. The summed E-state index contributed by atoms with van der Waals surface area (Å²) in [6, 6.07) is 26.1. The normalized spacial score (nSPS) is 16.2. The van der Waals surface area contributed by atoms with Crippen molar-refractivity contribution in [3.05, 3.63) is 119 Å². The maximum Gasteiger partial charge on any atom is 0.212 e. The van der Waals surface area contributed by atoms with E-state index in [1.54, 1.807) is 12.1 Å². The van der Waals surface area contributed by atoms with Crippen LogP contribution in [0, 0.1) is 5.82 Å². The molecule has 0 fully saturated rings. The van der Waals surface area contributed by atoms with Crippen molar-refractivity contribution in [2.24, 2.45) is 0 Å². The average Bonchev–Trinajstić information content (AvgIpc) is 3.31. The van der Waals surface area contributed by atoms with Gasteiger partial charge in [-0.2, -0.15) is 5.10 Å². The van der Waals surface area contributed by atoms with Crippen LogP contribution in [0.2, 0.25) is 0 Å². The van der Waals surface area contributed by atoms with Crippen LogP contribution in [0.1, 0.15) is 66.2 Å². The molecular formula is C31H34FN3O2S. The quantitative estimate of drug-likeness (QED) is 0.262. The Labute approximate surface area is 224 Å². The van der Waals surface area contributed by atoms with Crippen LogP contribution in [-0.2, 0) is 29.3 Å². The number of benzene rings is 3. The number of hydrogen-bond acceptors (Lipinski definition) is 3. The van der Waals surface area contributed by atoms with Crippen molar-refractivity contribution in [2.75, 3.05) is 5.75 Å². The number of fused-ring (bicyclic) bond motifs is 1. The van der Waals surface area contributed by atoms with Gasteiger partial charge in [0.15, 0.2) is 0 Å². The zero-order chi connectivity index (χ0) is 26.5. The predicted octanol–water partition coefficient (Wildman–Crippen LogP) is 6.29. The van der Waals surface area contributed by atoms with E-state index >= 15 is 0 Å². The first kappa shape index (κ1) is 26.3. The Morgan fingerprint density at radius 2 is 1.66 bits per heavy atom. The highest BCUT2D eigenvalue weighted by atomic mass is 32.2. The van der Waals surface area contributed by atoms with Gasteiger partial charge < -0.3 is 0 Å². The summed E-state index contributed by atoms with van der Waals surface area (Å²) in [5.41, 5.74) is 6.17. The van der Waals surface area contributed by atoms with Gasteiger partial charge in [0, 0.05) is 18.4 Å². The zero-order valence-corrected chi connectivity index (χ0v) is 22.5. The molecule has 0 amide bonds. The lowest BCUT2D eigenvalue weighted by Crippen LogP contribution is -2.30. The Hall–Kier alpha value is -3.29. The fourth-order valence-corrected chi connectivity index (χ4v) is 6.73. The van der Waals surface area contributed by atoms with E-state index in [4.69, 9.17) is 5.10 Å². The van der Waals surface area contributed by atoms with Gasteiger partial charge in [-0.15, -0.1) is 0 Å². The largest absolute Gasteiger partial charge is 0.237 e. The van der Waals surface area contributed by atoms with Gasteiger partial charge in [0.1, 0.15) is 5.82 Å². The number of nitrogens with one attached hydrogen (secondary N) is 1. The molecule has 1 aliphatic carbocycles. The second kappa shape index (κ2) is 11.6. The average molecular weight is 532 g/mol. The third-order valence-electron chi connectivity index (χ3n) is 7.43. The molecule has 38 heavy (non-hydrogen) atoms. The molecule has 7 heteroatoms. The van der Waals surface area contributed by atoms with E-state index in [0.717, 1.165) is 60.3 Å². The molecule has 1 aromatic heterocycles. The summed E-state index contributed by atoms with van der Waals surface area (Å²) in [6.07, 6.45) is 5.26. The molecule has 1 heterocycles. The van der Waals surface area contributed by atoms with Crippen molar-refractivity contribution in [3.63, 3.8) is 0 Å². The topological polar surface area (TPSA) is 64.0 Å². The van der Waals surface area contributed by atoms with E-state index < -0.39 is 10.0 Å². The summed E-state index contributed by atoms with van der Waals surface area (Å²) in [5.74, 6) is -0.0236. The third-order valence-corrected chi connectivity index (χ3v) is 8.89. The molecule has 198 valence electrons. The van der Waals surface area contributed by atoms with Crippen LogP contribution in [0.5, 0.6) is 0 Å². The molecule has 5 nitrogen and oxygen atoms in total. The van der Waals surface area contributed by atoms with Crippen LogP contribution >= 0.6 is 0 Å². The minimum atomic E-state index is -3.52. The van der Waals surface area contributed by atoms with Gasteiger partial charge >= 0.3 is 0 Å². The lowest BCUT2D eigenvalue weighted by Gasteiger charge is -2.25. The summed E-state index contributed by atoms with van der Waals surface area (Å²) in [4.78, 5) is 0. The first-order chi connectivity index (χ1) is 18.4. The molecule has 0 aliphatic heterocycles. The van der Waals surface area contributed by atoms with Crippen LogP contribution in [-0.4, -0.2) is 24.0 Å². The maximum absolute atomic E-state index is 13.7. The van der Waals surface area contributed by atoms with E-state index in [1.807, 2.05) is 48.0 Å². The first-order valence-electron chi connectivity index (χ1n) is 13.3. The van der Waals surface area contributed by atoms with Crippen LogP contribution in [0.15, 0.2) is 84.9 Å².